The highest BCUT2D eigenvalue weighted by molar-refractivity contribution is 7.97. The number of nitrogens with one attached hydrogen (secondary N) is 1. The Kier molecular flexibility index (Phi) is 1.77. The first-order valence-corrected chi connectivity index (χ1v) is 8.85. The molecule has 1 heterocycles. The van der Waals surface area contributed by atoms with E-state index in [9.17, 15) is 4.21 Å². The number of nitrogens with zero attached hydrogens (tertiary/aromatic N) is 1. The highest BCUT2D eigenvalue weighted by atomic mass is 32.2. The number of hydrogen-bond acceptors (Lipinski definition) is 2. The molecule has 0 spiro atoms. The summed E-state index contributed by atoms with van der Waals surface area (Å²) >= 11 is 0. The van der Waals surface area contributed by atoms with Crippen LogP contribution in [0.4, 0.5) is 0 Å². The summed E-state index contributed by atoms with van der Waals surface area (Å²) in [6.45, 7) is 8.71. The van der Waals surface area contributed by atoms with Crippen molar-refractivity contribution in [3.05, 3.63) is 0 Å². The van der Waals surface area contributed by atoms with Gasteiger partial charge in [-0.1, -0.05) is 20.8 Å². The molecule has 0 aromatic heterocycles. The molecule has 0 aromatic rings. The highest BCUT2D eigenvalue weighted by Crippen LogP contribution is 2.44. The zero-order valence-electron chi connectivity index (χ0n) is 8.76. The lowest BCUT2D eigenvalue weighted by molar-refractivity contribution is 0.652. The van der Waals surface area contributed by atoms with Crippen molar-refractivity contribution in [1.29, 1.82) is 0 Å². The molecular formula is C8H18N2OSSi. The first-order valence-electron chi connectivity index (χ1n) is 4.83. The minimum Gasteiger partial charge on any atom is -0.245 e. The zero-order chi connectivity index (χ0) is 9.91. The van der Waals surface area contributed by atoms with E-state index in [1.54, 1.807) is 0 Å². The average Bonchev–Trinajstić information content (AvgIpc) is 2.60. The molecule has 2 rings (SSSR count). The van der Waals surface area contributed by atoms with Crippen molar-refractivity contribution in [2.45, 2.75) is 50.4 Å². The standard InChI is InChI=1S/C8H18N2OSSi/c1-8(2,3)13(4)9-12(11,10-13)7-5-6-7/h7H,5-6H2,1-4H3,(H,9,10,11). The third-order valence-electron chi connectivity index (χ3n) is 3.10. The van der Waals surface area contributed by atoms with Crippen molar-refractivity contribution in [3.8, 4) is 0 Å². The highest BCUT2D eigenvalue weighted by Gasteiger charge is 2.54. The molecule has 1 N–H and O–H groups in total. The molecule has 1 saturated carbocycles. The molecule has 0 aromatic carbocycles. The topological polar surface area (TPSA) is 41.5 Å². The first kappa shape index (κ1) is 9.67. The molecule has 1 aliphatic carbocycles. The van der Waals surface area contributed by atoms with E-state index in [4.69, 9.17) is 0 Å². The molecule has 0 amide bonds. The van der Waals surface area contributed by atoms with Crippen molar-refractivity contribution < 1.29 is 4.21 Å². The van der Waals surface area contributed by atoms with Gasteiger partial charge in [0.1, 0.15) is 0 Å². The van der Waals surface area contributed by atoms with Crippen LogP contribution in [0, 0.1) is 0 Å². The Balaban J connectivity index is 2.27. The van der Waals surface area contributed by atoms with Crippen molar-refractivity contribution in [1.82, 2.24) is 4.39 Å². The summed E-state index contributed by atoms with van der Waals surface area (Å²) in [7, 11) is -3.71. The fourth-order valence-electron chi connectivity index (χ4n) is 1.39. The van der Waals surface area contributed by atoms with E-state index in [0.717, 1.165) is 12.8 Å². The summed E-state index contributed by atoms with van der Waals surface area (Å²) in [4.78, 5) is 0. The van der Waals surface area contributed by atoms with E-state index in [1.165, 1.54) is 0 Å². The molecule has 2 atom stereocenters. The van der Waals surface area contributed by atoms with Gasteiger partial charge in [-0.3, -0.25) is 0 Å². The van der Waals surface area contributed by atoms with Crippen molar-refractivity contribution in [2.24, 2.45) is 4.03 Å². The molecule has 0 radical (unpaired) electrons. The predicted molar refractivity (Wildman–Crippen MR) is 58.1 cm³/mol. The minimum atomic E-state index is -1.95. The Hall–Kier alpha value is 0.127. The van der Waals surface area contributed by atoms with Crippen molar-refractivity contribution >= 4 is 18.3 Å². The molecule has 76 valence electrons. The van der Waals surface area contributed by atoms with Gasteiger partial charge in [-0.05, 0) is 24.4 Å². The molecule has 1 fully saturated rings. The third-order valence-corrected chi connectivity index (χ3v) is 12.7. The maximum absolute atomic E-state index is 12.0. The second-order valence-corrected chi connectivity index (χ2v) is 12.3. The van der Waals surface area contributed by atoms with Crippen LogP contribution in [-0.4, -0.2) is 17.9 Å². The van der Waals surface area contributed by atoms with Crippen LogP contribution in [0.15, 0.2) is 4.03 Å². The second-order valence-electron chi connectivity index (χ2n) is 5.28. The Labute approximate surface area is 81.8 Å². The molecule has 0 bridgehead atoms. The molecule has 2 unspecified atom stereocenters. The summed E-state index contributed by atoms with van der Waals surface area (Å²) in [6, 6.07) is 0. The van der Waals surface area contributed by atoms with Crippen LogP contribution >= 0.6 is 0 Å². The lowest BCUT2D eigenvalue weighted by atomic mass is 10.2. The second kappa shape index (κ2) is 2.38. The van der Waals surface area contributed by atoms with E-state index in [-0.39, 0.29) is 5.04 Å². The quantitative estimate of drug-likeness (QED) is 0.672. The van der Waals surface area contributed by atoms with E-state index in [1.807, 2.05) is 0 Å². The lowest BCUT2D eigenvalue weighted by Crippen LogP contribution is -2.64. The largest absolute Gasteiger partial charge is 0.280 e. The van der Waals surface area contributed by atoms with Gasteiger partial charge in [-0.2, -0.15) is 0 Å². The lowest BCUT2D eigenvalue weighted by Gasteiger charge is -2.44. The molecule has 13 heavy (non-hydrogen) atoms. The number of rotatable bonds is 1. The predicted octanol–water partition coefficient (Wildman–Crippen LogP) is 2.01. The van der Waals surface area contributed by atoms with Crippen LogP contribution in [0.25, 0.3) is 0 Å². The molecule has 5 heteroatoms. The van der Waals surface area contributed by atoms with Gasteiger partial charge in [-0.25, -0.2) is 12.6 Å². The van der Waals surface area contributed by atoms with Crippen LogP contribution in [0.1, 0.15) is 33.6 Å². The van der Waals surface area contributed by atoms with Gasteiger partial charge in [-0.15, -0.1) is 0 Å². The molecular weight excluding hydrogens is 200 g/mol. The minimum absolute atomic E-state index is 0.183. The Morgan fingerprint density at radius 2 is 1.92 bits per heavy atom. The average molecular weight is 218 g/mol. The zero-order valence-corrected chi connectivity index (χ0v) is 10.6. The summed E-state index contributed by atoms with van der Waals surface area (Å²) in [5, 5.41) is 0.554. The van der Waals surface area contributed by atoms with Gasteiger partial charge >= 0.3 is 0 Å². The smallest absolute Gasteiger partial charge is 0.245 e. The Morgan fingerprint density at radius 3 is 2.23 bits per heavy atom. The van der Waals surface area contributed by atoms with E-state index >= 15 is 0 Å². The monoisotopic (exact) mass is 218 g/mol. The molecule has 0 saturated heterocycles. The molecule has 1 aliphatic heterocycles. The van der Waals surface area contributed by atoms with E-state index in [0.29, 0.717) is 5.25 Å². The summed E-state index contributed by atoms with van der Waals surface area (Å²) in [6.07, 6.45) is 2.20. The third kappa shape index (κ3) is 1.37. The number of hydrogen-bond donors (Lipinski definition) is 1. The Morgan fingerprint density at radius 1 is 1.46 bits per heavy atom. The van der Waals surface area contributed by atoms with Gasteiger partial charge in [0.2, 0.25) is 0 Å². The fraction of sp³-hybridized carbons (Fsp3) is 1.00. The Bertz CT molecular complexity index is 350. The van der Waals surface area contributed by atoms with E-state index in [2.05, 4.69) is 35.7 Å². The van der Waals surface area contributed by atoms with Crippen molar-refractivity contribution in [3.63, 3.8) is 0 Å². The van der Waals surface area contributed by atoms with Crippen LogP contribution in [-0.2, 0) is 9.92 Å². The molecule has 3 nitrogen and oxygen atoms in total. The summed E-state index contributed by atoms with van der Waals surface area (Å²) in [5.41, 5.74) is 0. The van der Waals surface area contributed by atoms with Crippen molar-refractivity contribution in [2.75, 3.05) is 0 Å². The summed E-state index contributed by atoms with van der Waals surface area (Å²) in [5.74, 6) is 0. The SMILES string of the molecule is CC(C)(C)[Si]1(C)N=S(=O)(C2CC2)N1. The first-order chi connectivity index (χ1) is 5.77. The molecule has 2 aliphatic rings. The van der Waals surface area contributed by atoms with Gasteiger partial charge in [0, 0.05) is 0 Å². The van der Waals surface area contributed by atoms with Crippen LogP contribution in [0.3, 0.4) is 0 Å². The van der Waals surface area contributed by atoms with Crippen LogP contribution < -0.4 is 4.39 Å². The van der Waals surface area contributed by atoms with Gasteiger partial charge in [0.05, 0.1) is 15.2 Å². The van der Waals surface area contributed by atoms with Gasteiger partial charge in [0.15, 0.2) is 0 Å². The maximum Gasteiger partial charge on any atom is 0.280 e. The van der Waals surface area contributed by atoms with Gasteiger partial charge < -0.3 is 0 Å². The van der Waals surface area contributed by atoms with Gasteiger partial charge in [0.25, 0.3) is 8.40 Å². The fourth-order valence-corrected chi connectivity index (χ4v) is 10.2. The van der Waals surface area contributed by atoms with E-state index < -0.39 is 18.3 Å². The normalized spacial score (nSPS) is 45.2. The maximum atomic E-state index is 12.0. The van der Waals surface area contributed by atoms with Crippen LogP contribution in [0.5, 0.6) is 0 Å². The summed E-state index contributed by atoms with van der Waals surface area (Å²) < 4.78 is 19.9. The van der Waals surface area contributed by atoms with Crippen LogP contribution in [0.2, 0.25) is 11.6 Å².